The SMILES string of the molecule is Cn1nnc(C2CN3CCC2CC3)n1.O=C(O)C(=O)O. The van der Waals surface area contributed by atoms with Crippen molar-refractivity contribution >= 4 is 11.9 Å². The zero-order chi connectivity index (χ0) is 14.7. The second-order valence-electron chi connectivity index (χ2n) is 4.99. The Hall–Kier alpha value is -2.03. The van der Waals surface area contributed by atoms with E-state index in [9.17, 15) is 0 Å². The lowest BCUT2D eigenvalue weighted by atomic mass is 9.79. The molecule has 0 aliphatic carbocycles. The van der Waals surface area contributed by atoms with E-state index in [1.54, 1.807) is 4.80 Å². The Labute approximate surface area is 115 Å². The van der Waals surface area contributed by atoms with Crippen molar-refractivity contribution in [3.05, 3.63) is 5.82 Å². The summed E-state index contributed by atoms with van der Waals surface area (Å²) < 4.78 is 0. The van der Waals surface area contributed by atoms with E-state index in [0.717, 1.165) is 18.3 Å². The van der Waals surface area contributed by atoms with Gasteiger partial charge in [-0.2, -0.15) is 4.80 Å². The molecule has 1 atom stereocenters. The van der Waals surface area contributed by atoms with Crippen molar-refractivity contribution < 1.29 is 19.8 Å². The van der Waals surface area contributed by atoms with E-state index in [2.05, 4.69) is 20.3 Å². The van der Waals surface area contributed by atoms with Gasteiger partial charge >= 0.3 is 11.9 Å². The van der Waals surface area contributed by atoms with Crippen molar-refractivity contribution in [2.45, 2.75) is 18.8 Å². The second kappa shape index (κ2) is 5.95. The highest BCUT2D eigenvalue weighted by Gasteiger charge is 2.37. The van der Waals surface area contributed by atoms with E-state index >= 15 is 0 Å². The molecule has 1 aromatic heterocycles. The van der Waals surface area contributed by atoms with Gasteiger partial charge in [0.2, 0.25) is 0 Å². The molecular formula is C11H17N5O4. The maximum Gasteiger partial charge on any atom is 0.414 e. The third kappa shape index (κ3) is 3.29. The van der Waals surface area contributed by atoms with Crippen LogP contribution in [-0.4, -0.2) is 66.9 Å². The third-order valence-corrected chi connectivity index (χ3v) is 3.69. The number of aliphatic carboxylic acids is 2. The normalized spacial score (nSPS) is 27.6. The molecule has 110 valence electrons. The van der Waals surface area contributed by atoms with E-state index in [1.807, 2.05) is 7.05 Å². The summed E-state index contributed by atoms with van der Waals surface area (Å²) in [6.07, 6.45) is 2.62. The lowest BCUT2D eigenvalue weighted by molar-refractivity contribution is -0.159. The number of hydrogen-bond donors (Lipinski definition) is 2. The number of nitrogens with zero attached hydrogens (tertiary/aromatic N) is 5. The molecule has 9 nitrogen and oxygen atoms in total. The number of aryl methyl sites for hydroxylation is 1. The van der Waals surface area contributed by atoms with Gasteiger partial charge < -0.3 is 15.1 Å². The molecular weight excluding hydrogens is 266 g/mol. The topological polar surface area (TPSA) is 121 Å². The highest BCUT2D eigenvalue weighted by atomic mass is 16.4. The van der Waals surface area contributed by atoms with Crippen molar-refractivity contribution in [3.63, 3.8) is 0 Å². The predicted molar refractivity (Wildman–Crippen MR) is 66.0 cm³/mol. The van der Waals surface area contributed by atoms with Crippen LogP contribution in [0.25, 0.3) is 0 Å². The Morgan fingerprint density at radius 3 is 2.15 bits per heavy atom. The minimum Gasteiger partial charge on any atom is -0.473 e. The summed E-state index contributed by atoms with van der Waals surface area (Å²) >= 11 is 0. The molecule has 3 aliphatic rings. The lowest BCUT2D eigenvalue weighted by Gasteiger charge is -2.43. The number of tetrazole rings is 1. The summed E-state index contributed by atoms with van der Waals surface area (Å²) in [5.74, 6) is -1.37. The Morgan fingerprint density at radius 2 is 1.80 bits per heavy atom. The first-order chi connectivity index (χ1) is 9.47. The molecule has 4 rings (SSSR count). The van der Waals surface area contributed by atoms with Crippen molar-refractivity contribution in [2.75, 3.05) is 19.6 Å². The van der Waals surface area contributed by atoms with Gasteiger partial charge in [-0.25, -0.2) is 9.59 Å². The maximum atomic E-state index is 9.10. The summed E-state index contributed by atoms with van der Waals surface area (Å²) in [7, 11) is 1.83. The lowest BCUT2D eigenvalue weighted by Crippen LogP contribution is -2.46. The van der Waals surface area contributed by atoms with Gasteiger partial charge in [-0.15, -0.1) is 10.2 Å². The second-order valence-corrected chi connectivity index (χ2v) is 4.99. The van der Waals surface area contributed by atoms with Crippen molar-refractivity contribution in [1.29, 1.82) is 0 Å². The van der Waals surface area contributed by atoms with Crippen molar-refractivity contribution in [2.24, 2.45) is 13.0 Å². The molecule has 0 spiro atoms. The third-order valence-electron chi connectivity index (χ3n) is 3.69. The Balaban J connectivity index is 0.000000212. The summed E-state index contributed by atoms with van der Waals surface area (Å²) in [5, 5.41) is 27.1. The van der Waals surface area contributed by atoms with Gasteiger partial charge in [0.15, 0.2) is 5.82 Å². The van der Waals surface area contributed by atoms with Crippen LogP contribution in [0.2, 0.25) is 0 Å². The number of carbonyl (C=O) groups is 2. The average Bonchev–Trinajstić information content (AvgIpc) is 2.87. The number of rotatable bonds is 1. The molecule has 3 saturated heterocycles. The first-order valence-corrected chi connectivity index (χ1v) is 6.40. The first kappa shape index (κ1) is 14.4. The Morgan fingerprint density at radius 1 is 1.20 bits per heavy atom. The van der Waals surface area contributed by atoms with Crippen LogP contribution in [0.4, 0.5) is 0 Å². The van der Waals surface area contributed by atoms with Crippen LogP contribution in [0.15, 0.2) is 0 Å². The number of hydrogen-bond acceptors (Lipinski definition) is 6. The monoisotopic (exact) mass is 283 g/mol. The summed E-state index contributed by atoms with van der Waals surface area (Å²) in [5.41, 5.74) is 0. The zero-order valence-corrected chi connectivity index (χ0v) is 11.1. The molecule has 0 aromatic carbocycles. The molecule has 3 aliphatic heterocycles. The number of piperidine rings is 3. The van der Waals surface area contributed by atoms with Crippen LogP contribution >= 0.6 is 0 Å². The van der Waals surface area contributed by atoms with E-state index in [0.29, 0.717) is 5.92 Å². The largest absolute Gasteiger partial charge is 0.473 e. The van der Waals surface area contributed by atoms with Crippen LogP contribution in [0.3, 0.4) is 0 Å². The van der Waals surface area contributed by atoms with Gasteiger partial charge in [-0.3, -0.25) is 0 Å². The molecule has 0 amide bonds. The number of fused-ring (bicyclic) bond motifs is 3. The van der Waals surface area contributed by atoms with Crippen LogP contribution < -0.4 is 0 Å². The summed E-state index contributed by atoms with van der Waals surface area (Å²) in [4.78, 5) is 22.3. The van der Waals surface area contributed by atoms with Crippen LogP contribution in [-0.2, 0) is 16.6 Å². The van der Waals surface area contributed by atoms with Gasteiger partial charge in [-0.05, 0) is 37.1 Å². The van der Waals surface area contributed by atoms with Gasteiger partial charge in [0, 0.05) is 12.5 Å². The number of carboxylic acid groups (broad SMARTS) is 2. The first-order valence-electron chi connectivity index (χ1n) is 6.40. The van der Waals surface area contributed by atoms with Gasteiger partial charge in [0.05, 0.1) is 7.05 Å². The smallest absolute Gasteiger partial charge is 0.414 e. The predicted octanol–water partition coefficient (Wildman–Crippen LogP) is -0.825. The highest BCUT2D eigenvalue weighted by molar-refractivity contribution is 6.27. The van der Waals surface area contributed by atoms with E-state index in [-0.39, 0.29) is 0 Å². The molecule has 20 heavy (non-hydrogen) atoms. The molecule has 1 unspecified atom stereocenters. The quantitative estimate of drug-likeness (QED) is 0.641. The Bertz CT molecular complexity index is 483. The fraction of sp³-hybridized carbons (Fsp3) is 0.727. The standard InChI is InChI=1S/C9H15N5.C2H2O4/c1-13-11-9(10-12-13)8-6-14-4-2-7(8)3-5-14;3-1(4)2(5)6/h7-8H,2-6H2,1H3;(H,3,4)(H,5,6). The van der Waals surface area contributed by atoms with Crippen molar-refractivity contribution in [1.82, 2.24) is 25.1 Å². The Kier molecular flexibility index (Phi) is 4.28. The van der Waals surface area contributed by atoms with Crippen molar-refractivity contribution in [3.8, 4) is 0 Å². The summed E-state index contributed by atoms with van der Waals surface area (Å²) in [6, 6.07) is 0. The molecule has 0 radical (unpaired) electrons. The summed E-state index contributed by atoms with van der Waals surface area (Å²) in [6.45, 7) is 3.67. The number of carboxylic acids is 2. The highest BCUT2D eigenvalue weighted by Crippen LogP contribution is 2.37. The molecule has 1 aromatic rings. The molecule has 3 fully saturated rings. The van der Waals surface area contributed by atoms with E-state index in [1.165, 1.54) is 25.9 Å². The minimum absolute atomic E-state index is 0.534. The molecule has 4 heterocycles. The number of aromatic nitrogens is 4. The molecule has 9 heteroatoms. The molecule has 2 N–H and O–H groups in total. The van der Waals surface area contributed by atoms with Gasteiger partial charge in [-0.1, -0.05) is 0 Å². The van der Waals surface area contributed by atoms with E-state index < -0.39 is 11.9 Å². The minimum atomic E-state index is -1.82. The van der Waals surface area contributed by atoms with Crippen LogP contribution in [0, 0.1) is 5.92 Å². The fourth-order valence-corrected chi connectivity index (χ4v) is 2.70. The molecule has 2 bridgehead atoms. The fourth-order valence-electron chi connectivity index (χ4n) is 2.70. The van der Waals surface area contributed by atoms with Crippen LogP contribution in [0.1, 0.15) is 24.6 Å². The zero-order valence-electron chi connectivity index (χ0n) is 11.1. The van der Waals surface area contributed by atoms with Gasteiger partial charge in [0.25, 0.3) is 0 Å². The molecule has 0 saturated carbocycles. The average molecular weight is 283 g/mol. The van der Waals surface area contributed by atoms with Crippen LogP contribution in [0.5, 0.6) is 0 Å². The van der Waals surface area contributed by atoms with E-state index in [4.69, 9.17) is 19.8 Å². The maximum absolute atomic E-state index is 9.10. The van der Waals surface area contributed by atoms with Gasteiger partial charge in [0.1, 0.15) is 0 Å².